The van der Waals surface area contributed by atoms with Crippen molar-refractivity contribution in [3.63, 3.8) is 0 Å². The lowest BCUT2D eigenvalue weighted by atomic mass is 9.48. The molecule has 3 unspecified atom stereocenters. The summed E-state index contributed by atoms with van der Waals surface area (Å²) in [5, 5.41) is 4.05. The predicted octanol–water partition coefficient (Wildman–Crippen LogP) is 4.14. The van der Waals surface area contributed by atoms with Crippen LogP contribution in [0.4, 0.5) is 0 Å². The smallest absolute Gasteiger partial charge is 0.0724 e. The molecule has 5 aliphatic carbocycles. The van der Waals surface area contributed by atoms with Gasteiger partial charge in [-0.25, -0.2) is 0 Å². The van der Waals surface area contributed by atoms with Crippen LogP contribution in [0.1, 0.15) is 71.1 Å². The molecule has 0 aromatic rings. The molecule has 5 aliphatic rings. The van der Waals surface area contributed by atoms with E-state index in [0.717, 1.165) is 17.8 Å². The van der Waals surface area contributed by atoms with E-state index >= 15 is 0 Å². The second-order valence-electron chi connectivity index (χ2n) is 8.83. The highest BCUT2D eigenvalue weighted by Gasteiger charge is 2.53. The van der Waals surface area contributed by atoms with Crippen molar-refractivity contribution in [2.75, 3.05) is 7.11 Å². The summed E-state index contributed by atoms with van der Waals surface area (Å²) in [5.74, 6) is 3.18. The van der Waals surface area contributed by atoms with E-state index in [9.17, 15) is 0 Å². The summed E-state index contributed by atoms with van der Waals surface area (Å²) in [5.41, 5.74) is 0.629. The zero-order chi connectivity index (χ0) is 14.4. The Bertz CT molecular complexity index is 344. The number of hydrogen-bond donors (Lipinski definition) is 1. The molecule has 0 spiro atoms. The number of rotatable bonds is 4. The third-order valence-electron chi connectivity index (χ3n) is 7.47. The number of hydrogen-bond acceptors (Lipinski definition) is 2. The summed E-state index contributed by atoms with van der Waals surface area (Å²) in [6.45, 7) is 2.49. The van der Waals surface area contributed by atoms with Crippen LogP contribution in [0.15, 0.2) is 0 Å². The van der Waals surface area contributed by atoms with Crippen LogP contribution in [0.25, 0.3) is 0 Å². The molecule has 0 amide bonds. The van der Waals surface area contributed by atoms with Crippen LogP contribution in [0.3, 0.4) is 0 Å². The van der Waals surface area contributed by atoms with Crippen molar-refractivity contribution in [1.29, 1.82) is 0 Å². The maximum Gasteiger partial charge on any atom is 0.0724 e. The molecule has 4 bridgehead atoms. The first kappa shape index (κ1) is 14.5. The molecule has 0 heterocycles. The molecular formula is C19H33NO. The molecule has 0 aromatic carbocycles. The fourth-order valence-corrected chi connectivity index (χ4v) is 6.78. The van der Waals surface area contributed by atoms with Crippen molar-refractivity contribution in [1.82, 2.24) is 5.32 Å². The molecule has 0 radical (unpaired) electrons. The molecule has 120 valence electrons. The van der Waals surface area contributed by atoms with Crippen LogP contribution < -0.4 is 5.32 Å². The lowest BCUT2D eigenvalue weighted by Crippen LogP contribution is -2.58. The zero-order valence-electron chi connectivity index (χ0n) is 13.9. The molecule has 5 saturated carbocycles. The highest BCUT2D eigenvalue weighted by atomic mass is 16.5. The van der Waals surface area contributed by atoms with Gasteiger partial charge in [-0.2, -0.15) is 0 Å². The minimum Gasteiger partial charge on any atom is -0.380 e. The van der Waals surface area contributed by atoms with E-state index in [1.165, 1.54) is 44.9 Å². The minimum atomic E-state index is 0.454. The topological polar surface area (TPSA) is 21.3 Å². The Balaban J connectivity index is 1.45. The molecule has 1 N–H and O–H groups in total. The normalized spacial score (nSPS) is 50.3. The summed E-state index contributed by atoms with van der Waals surface area (Å²) in [6, 6.07) is 1.29. The van der Waals surface area contributed by atoms with Gasteiger partial charge < -0.3 is 10.1 Å². The molecule has 21 heavy (non-hydrogen) atoms. The van der Waals surface area contributed by atoms with Crippen molar-refractivity contribution in [3.05, 3.63) is 0 Å². The van der Waals surface area contributed by atoms with Gasteiger partial charge in [-0.05, 0) is 81.5 Å². The van der Waals surface area contributed by atoms with Crippen LogP contribution in [0, 0.1) is 23.2 Å². The minimum absolute atomic E-state index is 0.454. The van der Waals surface area contributed by atoms with Gasteiger partial charge in [0.15, 0.2) is 0 Å². The first-order valence-electron chi connectivity index (χ1n) is 9.47. The van der Waals surface area contributed by atoms with Gasteiger partial charge in [-0.3, -0.25) is 0 Å². The summed E-state index contributed by atoms with van der Waals surface area (Å²) in [6.07, 6.45) is 14.9. The number of nitrogens with one attached hydrogen (secondary N) is 1. The van der Waals surface area contributed by atoms with E-state index in [0.29, 0.717) is 23.6 Å². The monoisotopic (exact) mass is 291 g/mol. The summed E-state index contributed by atoms with van der Waals surface area (Å²) in [7, 11) is 1.90. The molecule has 0 aromatic heterocycles. The molecule has 0 aliphatic heterocycles. The standard InChI is InChI=1S/C19H33NO/c1-13(20-17-5-3-4-6-18(17)21-2)19-10-14-7-15(11-19)9-16(8-14)12-19/h13-18,20H,3-12H2,1-2H3. The lowest BCUT2D eigenvalue weighted by molar-refractivity contribution is -0.0772. The van der Waals surface area contributed by atoms with Gasteiger partial charge in [0, 0.05) is 19.2 Å². The van der Waals surface area contributed by atoms with E-state index in [-0.39, 0.29) is 0 Å². The average Bonchev–Trinajstić information content (AvgIpc) is 2.46. The first-order valence-corrected chi connectivity index (χ1v) is 9.47. The molecule has 3 atom stereocenters. The van der Waals surface area contributed by atoms with Gasteiger partial charge in [0.25, 0.3) is 0 Å². The third kappa shape index (κ3) is 2.57. The van der Waals surface area contributed by atoms with Crippen LogP contribution in [-0.4, -0.2) is 25.3 Å². The molecule has 2 nitrogen and oxygen atoms in total. The highest BCUT2D eigenvalue weighted by molar-refractivity contribution is 5.06. The van der Waals surface area contributed by atoms with Crippen LogP contribution >= 0.6 is 0 Å². The Kier molecular flexibility index (Phi) is 3.82. The Hall–Kier alpha value is -0.0800. The second kappa shape index (κ2) is 5.53. The zero-order valence-corrected chi connectivity index (χ0v) is 13.9. The molecule has 0 saturated heterocycles. The Morgan fingerprint density at radius 3 is 2.10 bits per heavy atom. The maximum absolute atomic E-state index is 5.76. The molecular weight excluding hydrogens is 258 g/mol. The highest BCUT2D eigenvalue weighted by Crippen LogP contribution is 2.61. The van der Waals surface area contributed by atoms with Crippen molar-refractivity contribution < 1.29 is 4.74 Å². The third-order valence-corrected chi connectivity index (χ3v) is 7.47. The van der Waals surface area contributed by atoms with Gasteiger partial charge in [0.05, 0.1) is 6.10 Å². The summed E-state index contributed by atoms with van der Waals surface area (Å²) < 4.78 is 5.76. The molecule has 2 heteroatoms. The van der Waals surface area contributed by atoms with Crippen molar-refractivity contribution in [3.8, 4) is 0 Å². The first-order chi connectivity index (χ1) is 10.2. The van der Waals surface area contributed by atoms with Crippen molar-refractivity contribution >= 4 is 0 Å². The second-order valence-corrected chi connectivity index (χ2v) is 8.83. The fraction of sp³-hybridized carbons (Fsp3) is 1.00. The van der Waals surface area contributed by atoms with Crippen molar-refractivity contribution in [2.24, 2.45) is 23.2 Å². The number of ether oxygens (including phenoxy) is 1. The molecule has 5 rings (SSSR count). The van der Waals surface area contributed by atoms with Crippen molar-refractivity contribution in [2.45, 2.75) is 89.3 Å². The summed E-state index contributed by atoms with van der Waals surface area (Å²) >= 11 is 0. The Morgan fingerprint density at radius 1 is 0.952 bits per heavy atom. The fourth-order valence-electron chi connectivity index (χ4n) is 6.78. The van der Waals surface area contributed by atoms with Gasteiger partial charge in [0.2, 0.25) is 0 Å². The van der Waals surface area contributed by atoms with Gasteiger partial charge >= 0.3 is 0 Å². The van der Waals surface area contributed by atoms with Gasteiger partial charge in [-0.1, -0.05) is 12.8 Å². The van der Waals surface area contributed by atoms with Crippen LogP contribution in [0.2, 0.25) is 0 Å². The SMILES string of the molecule is COC1CCCCC1NC(C)C12CC3CC(CC(C3)C1)C2. The van der Waals surface area contributed by atoms with Crippen LogP contribution in [0.5, 0.6) is 0 Å². The van der Waals surface area contributed by atoms with E-state index in [1.807, 2.05) is 7.11 Å². The molecule has 5 fully saturated rings. The largest absolute Gasteiger partial charge is 0.380 e. The lowest BCUT2D eigenvalue weighted by Gasteiger charge is -2.59. The van der Waals surface area contributed by atoms with Gasteiger partial charge in [-0.15, -0.1) is 0 Å². The van der Waals surface area contributed by atoms with E-state index < -0.39 is 0 Å². The van der Waals surface area contributed by atoms with Crippen LogP contribution in [-0.2, 0) is 4.74 Å². The summed E-state index contributed by atoms with van der Waals surface area (Å²) in [4.78, 5) is 0. The van der Waals surface area contributed by atoms with E-state index in [1.54, 1.807) is 19.3 Å². The quantitative estimate of drug-likeness (QED) is 0.840. The predicted molar refractivity (Wildman–Crippen MR) is 86.3 cm³/mol. The number of methoxy groups -OCH3 is 1. The van der Waals surface area contributed by atoms with Gasteiger partial charge in [0.1, 0.15) is 0 Å². The average molecular weight is 291 g/mol. The Morgan fingerprint density at radius 2 is 1.52 bits per heavy atom. The van der Waals surface area contributed by atoms with E-state index in [2.05, 4.69) is 12.2 Å². The Labute approximate surface area is 130 Å². The van der Waals surface area contributed by atoms with E-state index in [4.69, 9.17) is 4.74 Å². The maximum atomic E-state index is 5.76.